The zero-order chi connectivity index (χ0) is 14.5. The Morgan fingerprint density at radius 3 is 2.40 bits per heavy atom. The molecule has 0 aliphatic heterocycles. The van der Waals surface area contributed by atoms with Crippen molar-refractivity contribution < 1.29 is 4.74 Å². The van der Waals surface area contributed by atoms with Gasteiger partial charge in [0.25, 0.3) is 0 Å². The van der Waals surface area contributed by atoms with Crippen molar-refractivity contribution in [3.05, 3.63) is 64.7 Å². The molecule has 0 aliphatic rings. The largest absolute Gasteiger partial charge is 0.497 e. The lowest BCUT2D eigenvalue weighted by Gasteiger charge is -2.16. The Hall–Kier alpha value is -1.80. The molecule has 2 rings (SSSR count). The van der Waals surface area contributed by atoms with E-state index in [4.69, 9.17) is 4.74 Å². The summed E-state index contributed by atoms with van der Waals surface area (Å²) >= 11 is 0. The minimum absolute atomic E-state index is 0.320. The van der Waals surface area contributed by atoms with Crippen LogP contribution in [0.15, 0.2) is 42.5 Å². The van der Waals surface area contributed by atoms with Gasteiger partial charge in [-0.3, -0.25) is 0 Å². The van der Waals surface area contributed by atoms with Crippen LogP contribution in [0.25, 0.3) is 0 Å². The topological polar surface area (TPSA) is 21.3 Å². The Labute approximate surface area is 121 Å². The maximum Gasteiger partial charge on any atom is 0.118 e. The Morgan fingerprint density at radius 1 is 1.05 bits per heavy atom. The highest BCUT2D eigenvalue weighted by atomic mass is 16.5. The van der Waals surface area contributed by atoms with Crippen LogP contribution in [-0.4, -0.2) is 7.11 Å². The van der Waals surface area contributed by atoms with Crippen LogP contribution < -0.4 is 10.1 Å². The number of rotatable bonds is 5. The second-order valence-electron chi connectivity index (χ2n) is 5.31. The molecule has 2 heteroatoms. The summed E-state index contributed by atoms with van der Waals surface area (Å²) in [7, 11) is 1.69. The quantitative estimate of drug-likeness (QED) is 0.880. The van der Waals surface area contributed by atoms with Gasteiger partial charge in [0.2, 0.25) is 0 Å². The van der Waals surface area contributed by atoms with E-state index in [1.165, 1.54) is 22.3 Å². The molecule has 20 heavy (non-hydrogen) atoms. The average Bonchev–Trinajstić information content (AvgIpc) is 2.48. The minimum Gasteiger partial charge on any atom is -0.497 e. The smallest absolute Gasteiger partial charge is 0.118 e. The number of nitrogens with one attached hydrogen (secondary N) is 1. The summed E-state index contributed by atoms with van der Waals surface area (Å²) < 4.78 is 5.19. The third kappa shape index (κ3) is 3.61. The first-order chi connectivity index (χ1) is 9.60. The average molecular weight is 269 g/mol. The van der Waals surface area contributed by atoms with E-state index in [0.29, 0.717) is 6.04 Å². The Kier molecular flexibility index (Phi) is 4.80. The molecule has 0 saturated carbocycles. The molecule has 1 atom stereocenters. The van der Waals surface area contributed by atoms with E-state index in [0.717, 1.165) is 12.3 Å². The molecule has 0 heterocycles. The first kappa shape index (κ1) is 14.6. The molecule has 2 aromatic rings. The highest BCUT2D eigenvalue weighted by Gasteiger charge is 2.06. The Morgan fingerprint density at radius 2 is 1.75 bits per heavy atom. The van der Waals surface area contributed by atoms with Gasteiger partial charge in [-0.25, -0.2) is 0 Å². The lowest BCUT2D eigenvalue weighted by atomic mass is 10.0. The predicted octanol–water partition coefficient (Wildman–Crippen LogP) is 4.16. The summed E-state index contributed by atoms with van der Waals surface area (Å²) in [5.41, 5.74) is 5.29. The highest BCUT2D eigenvalue weighted by molar-refractivity contribution is 5.31. The first-order valence-corrected chi connectivity index (χ1v) is 7.03. The third-order valence-electron chi connectivity index (χ3n) is 3.72. The molecule has 0 bridgehead atoms. The van der Waals surface area contributed by atoms with Crippen molar-refractivity contribution in [2.24, 2.45) is 0 Å². The van der Waals surface area contributed by atoms with E-state index in [-0.39, 0.29) is 0 Å². The van der Waals surface area contributed by atoms with Crippen molar-refractivity contribution >= 4 is 0 Å². The summed E-state index contributed by atoms with van der Waals surface area (Å²) in [6.07, 6.45) is 0. The molecule has 1 N–H and O–H groups in total. The number of hydrogen-bond acceptors (Lipinski definition) is 2. The zero-order valence-electron chi connectivity index (χ0n) is 12.7. The Balaban J connectivity index is 2.00. The number of benzene rings is 2. The van der Waals surface area contributed by atoms with Crippen LogP contribution >= 0.6 is 0 Å². The minimum atomic E-state index is 0.320. The Bertz CT molecular complexity index is 560. The van der Waals surface area contributed by atoms with Gasteiger partial charge in [-0.2, -0.15) is 0 Å². The van der Waals surface area contributed by atoms with Crippen molar-refractivity contribution in [2.45, 2.75) is 33.4 Å². The summed E-state index contributed by atoms with van der Waals surface area (Å²) in [5, 5.41) is 3.58. The van der Waals surface area contributed by atoms with Crippen LogP contribution in [0.2, 0.25) is 0 Å². The summed E-state index contributed by atoms with van der Waals surface area (Å²) in [5.74, 6) is 0.899. The van der Waals surface area contributed by atoms with Gasteiger partial charge in [0.05, 0.1) is 7.11 Å². The van der Waals surface area contributed by atoms with Gasteiger partial charge >= 0.3 is 0 Å². The fraction of sp³-hybridized carbons (Fsp3) is 0.333. The van der Waals surface area contributed by atoms with Crippen molar-refractivity contribution in [3.8, 4) is 5.75 Å². The maximum absolute atomic E-state index is 5.19. The number of methoxy groups -OCH3 is 1. The number of aryl methyl sites for hydroxylation is 2. The molecule has 0 aliphatic carbocycles. The van der Waals surface area contributed by atoms with Gasteiger partial charge in [-0.1, -0.05) is 35.9 Å². The molecule has 0 aromatic heterocycles. The van der Waals surface area contributed by atoms with E-state index < -0.39 is 0 Å². The highest BCUT2D eigenvalue weighted by Crippen LogP contribution is 2.18. The molecule has 0 spiro atoms. The lowest BCUT2D eigenvalue weighted by molar-refractivity contribution is 0.414. The zero-order valence-corrected chi connectivity index (χ0v) is 12.7. The molecular weight excluding hydrogens is 246 g/mol. The van der Waals surface area contributed by atoms with Crippen LogP contribution in [0.3, 0.4) is 0 Å². The van der Waals surface area contributed by atoms with Crippen molar-refractivity contribution in [2.75, 3.05) is 7.11 Å². The normalized spacial score (nSPS) is 12.2. The van der Waals surface area contributed by atoms with Gasteiger partial charge in [0.1, 0.15) is 5.75 Å². The fourth-order valence-electron chi connectivity index (χ4n) is 2.26. The fourth-order valence-corrected chi connectivity index (χ4v) is 2.26. The van der Waals surface area contributed by atoms with Crippen LogP contribution in [0.5, 0.6) is 5.75 Å². The van der Waals surface area contributed by atoms with E-state index >= 15 is 0 Å². The van der Waals surface area contributed by atoms with Crippen LogP contribution in [0, 0.1) is 13.8 Å². The maximum atomic E-state index is 5.19. The molecule has 2 aromatic carbocycles. The van der Waals surface area contributed by atoms with Crippen molar-refractivity contribution in [1.29, 1.82) is 0 Å². The number of ether oxygens (including phenoxy) is 1. The van der Waals surface area contributed by atoms with Gasteiger partial charge in [-0.05, 0) is 49.6 Å². The predicted molar refractivity (Wildman–Crippen MR) is 84.2 cm³/mol. The van der Waals surface area contributed by atoms with Crippen LogP contribution in [0.4, 0.5) is 0 Å². The molecule has 2 nitrogen and oxygen atoms in total. The van der Waals surface area contributed by atoms with Gasteiger partial charge < -0.3 is 10.1 Å². The molecule has 0 amide bonds. The van der Waals surface area contributed by atoms with E-state index in [1.54, 1.807) is 7.11 Å². The summed E-state index contributed by atoms with van der Waals surface area (Å²) in [6.45, 7) is 7.37. The van der Waals surface area contributed by atoms with Gasteiger partial charge in [0, 0.05) is 12.6 Å². The molecule has 0 saturated heterocycles. The molecule has 1 unspecified atom stereocenters. The number of hydrogen-bond donors (Lipinski definition) is 1. The second-order valence-corrected chi connectivity index (χ2v) is 5.31. The van der Waals surface area contributed by atoms with E-state index in [2.05, 4.69) is 56.4 Å². The molecular formula is C18H23NO. The lowest BCUT2D eigenvalue weighted by Crippen LogP contribution is -2.18. The van der Waals surface area contributed by atoms with Crippen molar-refractivity contribution in [1.82, 2.24) is 5.32 Å². The van der Waals surface area contributed by atoms with E-state index in [1.807, 2.05) is 12.1 Å². The monoisotopic (exact) mass is 269 g/mol. The SMILES string of the molecule is COc1ccc(C(C)NCc2cc(C)ccc2C)cc1. The molecule has 0 fully saturated rings. The third-order valence-corrected chi connectivity index (χ3v) is 3.72. The van der Waals surface area contributed by atoms with Crippen molar-refractivity contribution in [3.63, 3.8) is 0 Å². The van der Waals surface area contributed by atoms with Crippen LogP contribution in [0.1, 0.15) is 35.2 Å². The summed E-state index contributed by atoms with van der Waals surface area (Å²) in [4.78, 5) is 0. The van der Waals surface area contributed by atoms with E-state index in [9.17, 15) is 0 Å². The molecule has 106 valence electrons. The second kappa shape index (κ2) is 6.58. The van der Waals surface area contributed by atoms with Crippen LogP contribution in [-0.2, 0) is 6.54 Å². The first-order valence-electron chi connectivity index (χ1n) is 7.03. The molecule has 0 radical (unpaired) electrons. The summed E-state index contributed by atoms with van der Waals surface area (Å²) in [6, 6.07) is 15.1. The standard InChI is InChI=1S/C18H23NO/c1-13-5-6-14(2)17(11-13)12-19-15(3)16-7-9-18(20-4)10-8-16/h5-11,15,19H,12H2,1-4H3. The van der Waals surface area contributed by atoms with Gasteiger partial charge in [-0.15, -0.1) is 0 Å². The van der Waals surface area contributed by atoms with Gasteiger partial charge in [0.15, 0.2) is 0 Å².